The van der Waals surface area contributed by atoms with Crippen LogP contribution in [-0.2, 0) is 4.79 Å². The van der Waals surface area contributed by atoms with Crippen LogP contribution in [0.3, 0.4) is 0 Å². The zero-order valence-electron chi connectivity index (χ0n) is 13.6. The van der Waals surface area contributed by atoms with Crippen LogP contribution in [0.5, 0.6) is 0 Å². The van der Waals surface area contributed by atoms with E-state index >= 15 is 0 Å². The Hall–Kier alpha value is -0.950. The van der Waals surface area contributed by atoms with Gasteiger partial charge in [0.1, 0.15) is 6.10 Å². The molecule has 2 N–H and O–H groups in total. The summed E-state index contributed by atoms with van der Waals surface area (Å²) in [5.74, 6) is 0.170. The maximum absolute atomic E-state index is 12.1. The van der Waals surface area contributed by atoms with Gasteiger partial charge in [-0.1, -0.05) is 18.9 Å². The van der Waals surface area contributed by atoms with Gasteiger partial charge in [0.2, 0.25) is 5.91 Å². The first-order valence-corrected chi connectivity index (χ1v) is 9.54. The SMILES string of the molecule is O=C(CN1CCN(CC(O)c2cccs2)CC1)NC1CCCC1. The highest BCUT2D eigenvalue weighted by molar-refractivity contribution is 7.10. The van der Waals surface area contributed by atoms with Crippen molar-refractivity contribution < 1.29 is 9.90 Å². The average Bonchev–Trinajstić information content (AvgIpc) is 3.22. The number of hydrogen-bond acceptors (Lipinski definition) is 5. The second kappa shape index (κ2) is 8.24. The van der Waals surface area contributed by atoms with E-state index in [9.17, 15) is 9.90 Å². The summed E-state index contributed by atoms with van der Waals surface area (Å²) in [6, 6.07) is 4.37. The van der Waals surface area contributed by atoms with E-state index in [-0.39, 0.29) is 5.91 Å². The molecule has 1 aromatic rings. The molecule has 6 heteroatoms. The first-order chi connectivity index (χ1) is 11.2. The highest BCUT2D eigenvalue weighted by Crippen LogP contribution is 2.20. The predicted molar refractivity (Wildman–Crippen MR) is 92.6 cm³/mol. The van der Waals surface area contributed by atoms with E-state index in [1.165, 1.54) is 12.8 Å². The third-order valence-electron chi connectivity index (χ3n) is 4.86. The van der Waals surface area contributed by atoms with E-state index in [4.69, 9.17) is 0 Å². The van der Waals surface area contributed by atoms with Gasteiger partial charge in [0.05, 0.1) is 6.54 Å². The Morgan fingerprint density at radius 3 is 2.61 bits per heavy atom. The molecule has 23 heavy (non-hydrogen) atoms. The van der Waals surface area contributed by atoms with E-state index in [1.54, 1.807) is 11.3 Å². The molecule has 1 aliphatic carbocycles. The largest absolute Gasteiger partial charge is 0.386 e. The summed E-state index contributed by atoms with van der Waals surface area (Å²) in [7, 11) is 0. The molecule has 1 saturated carbocycles. The molecule has 2 aliphatic rings. The van der Waals surface area contributed by atoms with E-state index in [1.807, 2.05) is 17.5 Å². The normalized spacial score (nSPS) is 22.3. The van der Waals surface area contributed by atoms with Gasteiger partial charge in [-0.15, -0.1) is 11.3 Å². The molecule has 2 heterocycles. The Morgan fingerprint density at radius 2 is 1.96 bits per heavy atom. The van der Waals surface area contributed by atoms with Crippen molar-refractivity contribution in [1.82, 2.24) is 15.1 Å². The number of hydrogen-bond donors (Lipinski definition) is 2. The van der Waals surface area contributed by atoms with Gasteiger partial charge in [0.15, 0.2) is 0 Å². The van der Waals surface area contributed by atoms with Gasteiger partial charge in [-0.2, -0.15) is 0 Å². The topological polar surface area (TPSA) is 55.8 Å². The summed E-state index contributed by atoms with van der Waals surface area (Å²) < 4.78 is 0. The van der Waals surface area contributed by atoms with Crippen molar-refractivity contribution in [3.8, 4) is 0 Å². The van der Waals surface area contributed by atoms with Crippen LogP contribution >= 0.6 is 11.3 Å². The van der Waals surface area contributed by atoms with Crippen molar-refractivity contribution in [3.05, 3.63) is 22.4 Å². The first-order valence-electron chi connectivity index (χ1n) is 8.66. The fourth-order valence-electron chi connectivity index (χ4n) is 3.49. The molecule has 0 aromatic carbocycles. The summed E-state index contributed by atoms with van der Waals surface area (Å²) in [6.45, 7) is 4.82. The molecule has 1 atom stereocenters. The zero-order valence-corrected chi connectivity index (χ0v) is 14.4. The van der Waals surface area contributed by atoms with Crippen molar-refractivity contribution in [2.75, 3.05) is 39.3 Å². The Bertz CT molecular complexity index is 480. The lowest BCUT2D eigenvalue weighted by Gasteiger charge is -2.35. The highest BCUT2D eigenvalue weighted by atomic mass is 32.1. The van der Waals surface area contributed by atoms with Gasteiger partial charge in [-0.05, 0) is 24.3 Å². The Kier molecular flexibility index (Phi) is 6.05. The molecule has 0 bridgehead atoms. The second-order valence-corrected chi connectivity index (χ2v) is 7.64. The lowest BCUT2D eigenvalue weighted by Crippen LogP contribution is -2.50. The monoisotopic (exact) mass is 337 g/mol. The van der Waals surface area contributed by atoms with Crippen LogP contribution in [0.15, 0.2) is 17.5 Å². The molecule has 2 fully saturated rings. The maximum Gasteiger partial charge on any atom is 0.234 e. The molecule has 1 amide bonds. The molecule has 1 aliphatic heterocycles. The number of amides is 1. The molecule has 0 radical (unpaired) electrons. The molecule has 1 unspecified atom stereocenters. The number of aliphatic hydroxyl groups is 1. The zero-order chi connectivity index (χ0) is 16.1. The van der Waals surface area contributed by atoms with Crippen LogP contribution in [0, 0.1) is 0 Å². The minimum absolute atomic E-state index is 0.170. The summed E-state index contributed by atoms with van der Waals surface area (Å²) in [5, 5.41) is 15.4. The minimum Gasteiger partial charge on any atom is -0.386 e. The molecule has 3 rings (SSSR count). The van der Waals surface area contributed by atoms with E-state index in [2.05, 4.69) is 15.1 Å². The number of piperazine rings is 1. The quantitative estimate of drug-likeness (QED) is 0.825. The van der Waals surface area contributed by atoms with Gasteiger partial charge < -0.3 is 10.4 Å². The van der Waals surface area contributed by atoms with Crippen LogP contribution in [0.25, 0.3) is 0 Å². The summed E-state index contributed by atoms with van der Waals surface area (Å²) >= 11 is 1.60. The molecule has 1 saturated heterocycles. The molecular formula is C17H27N3O2S. The fraction of sp³-hybridized carbons (Fsp3) is 0.706. The summed E-state index contributed by atoms with van der Waals surface area (Å²) in [6.07, 6.45) is 4.37. The van der Waals surface area contributed by atoms with Crippen molar-refractivity contribution >= 4 is 17.2 Å². The van der Waals surface area contributed by atoms with Gasteiger partial charge in [0, 0.05) is 43.6 Å². The number of carbonyl (C=O) groups is 1. The predicted octanol–water partition coefficient (Wildman–Crippen LogP) is 1.46. The summed E-state index contributed by atoms with van der Waals surface area (Å²) in [4.78, 5) is 17.6. The maximum atomic E-state index is 12.1. The molecule has 0 spiro atoms. The van der Waals surface area contributed by atoms with Crippen molar-refractivity contribution in [3.63, 3.8) is 0 Å². The lowest BCUT2D eigenvalue weighted by molar-refractivity contribution is -0.123. The third kappa shape index (κ3) is 5.01. The van der Waals surface area contributed by atoms with Crippen LogP contribution in [0.4, 0.5) is 0 Å². The number of nitrogens with zero attached hydrogens (tertiary/aromatic N) is 2. The van der Waals surface area contributed by atoms with E-state index in [0.29, 0.717) is 19.1 Å². The average molecular weight is 337 g/mol. The Morgan fingerprint density at radius 1 is 1.26 bits per heavy atom. The number of aliphatic hydroxyl groups excluding tert-OH is 1. The Balaban J connectivity index is 1.35. The van der Waals surface area contributed by atoms with Crippen molar-refractivity contribution in [1.29, 1.82) is 0 Å². The smallest absolute Gasteiger partial charge is 0.234 e. The van der Waals surface area contributed by atoms with E-state index < -0.39 is 6.10 Å². The molecule has 1 aromatic heterocycles. The second-order valence-electron chi connectivity index (χ2n) is 6.66. The molecule has 128 valence electrons. The first kappa shape index (κ1) is 16.9. The van der Waals surface area contributed by atoms with Crippen LogP contribution < -0.4 is 5.32 Å². The molecule has 5 nitrogen and oxygen atoms in total. The van der Waals surface area contributed by atoms with Crippen molar-refractivity contribution in [2.45, 2.75) is 37.8 Å². The number of nitrogens with one attached hydrogen (secondary N) is 1. The number of carbonyl (C=O) groups excluding carboxylic acids is 1. The van der Waals surface area contributed by atoms with Gasteiger partial charge in [-0.25, -0.2) is 0 Å². The number of β-amino-alcohol motifs (C(OH)–C–C–N with tert-alkyl or cyclic N) is 1. The number of thiophene rings is 1. The fourth-order valence-corrected chi connectivity index (χ4v) is 4.19. The van der Waals surface area contributed by atoms with Gasteiger partial charge in [-0.3, -0.25) is 14.6 Å². The van der Waals surface area contributed by atoms with Gasteiger partial charge in [0.25, 0.3) is 0 Å². The van der Waals surface area contributed by atoms with Crippen LogP contribution in [0.2, 0.25) is 0 Å². The molecular weight excluding hydrogens is 310 g/mol. The minimum atomic E-state index is -0.396. The Labute approximate surface area is 142 Å². The third-order valence-corrected chi connectivity index (χ3v) is 5.83. The standard InChI is InChI=1S/C17H27N3O2S/c21-15(16-6-3-11-23-16)12-19-7-9-20(10-8-19)13-17(22)18-14-4-1-2-5-14/h3,6,11,14-15,21H,1-2,4-5,7-10,12-13H2,(H,18,22). The van der Waals surface area contributed by atoms with E-state index in [0.717, 1.165) is 43.9 Å². The van der Waals surface area contributed by atoms with Crippen LogP contribution in [-0.4, -0.2) is 66.1 Å². The lowest BCUT2D eigenvalue weighted by atomic mass is 10.2. The van der Waals surface area contributed by atoms with Gasteiger partial charge >= 0.3 is 0 Å². The number of rotatable bonds is 6. The highest BCUT2D eigenvalue weighted by Gasteiger charge is 2.23. The summed E-state index contributed by atoms with van der Waals surface area (Å²) in [5.41, 5.74) is 0. The van der Waals surface area contributed by atoms with Crippen molar-refractivity contribution in [2.24, 2.45) is 0 Å². The van der Waals surface area contributed by atoms with Crippen LogP contribution in [0.1, 0.15) is 36.7 Å².